The Morgan fingerprint density at radius 1 is 1.28 bits per heavy atom. The topological polar surface area (TPSA) is 29.1 Å². The largest absolute Gasteiger partial charge is 0.352 e. The highest BCUT2D eigenvalue weighted by molar-refractivity contribution is 9.08. The highest BCUT2D eigenvalue weighted by Gasteiger charge is 2.07. The number of hydrogen-bond donors (Lipinski definition) is 1. The number of carbonyl (C=O) groups excluding carboxylic acids is 1. The molecule has 2 nitrogen and oxygen atoms in total. The summed E-state index contributed by atoms with van der Waals surface area (Å²) in [4.78, 5) is 11.9. The zero-order valence-corrected chi connectivity index (χ0v) is 12.0. The standard InChI is InChI=1S/C15H18BrNO/c16-11-13-5-7-14(8-6-13)15(18)17-10-9-12-3-1-2-4-12/h3,5-8H,1-2,4,9-11H2,(H,17,18). The Morgan fingerprint density at radius 2 is 2.06 bits per heavy atom. The van der Waals surface area contributed by atoms with Crippen LogP contribution in [0.15, 0.2) is 35.9 Å². The Balaban J connectivity index is 1.79. The van der Waals surface area contributed by atoms with E-state index in [2.05, 4.69) is 27.3 Å². The normalized spacial score (nSPS) is 14.4. The van der Waals surface area contributed by atoms with Gasteiger partial charge in [0.1, 0.15) is 0 Å². The van der Waals surface area contributed by atoms with Crippen LogP contribution in [0.1, 0.15) is 41.6 Å². The Hall–Kier alpha value is -1.09. The summed E-state index contributed by atoms with van der Waals surface area (Å²) in [6, 6.07) is 7.70. The number of carbonyl (C=O) groups is 1. The molecule has 0 spiro atoms. The maximum absolute atomic E-state index is 11.9. The molecule has 2 rings (SSSR count). The van der Waals surface area contributed by atoms with Crippen LogP contribution < -0.4 is 5.32 Å². The first-order valence-electron chi connectivity index (χ1n) is 6.40. The predicted octanol–water partition coefficient (Wildman–Crippen LogP) is 3.81. The first-order valence-corrected chi connectivity index (χ1v) is 7.53. The number of nitrogens with one attached hydrogen (secondary N) is 1. The van der Waals surface area contributed by atoms with E-state index < -0.39 is 0 Å². The van der Waals surface area contributed by atoms with E-state index >= 15 is 0 Å². The van der Waals surface area contributed by atoms with Crippen molar-refractivity contribution >= 4 is 21.8 Å². The van der Waals surface area contributed by atoms with E-state index in [4.69, 9.17) is 0 Å². The Labute approximate surface area is 117 Å². The lowest BCUT2D eigenvalue weighted by molar-refractivity contribution is 0.0954. The van der Waals surface area contributed by atoms with Crippen LogP contribution >= 0.6 is 15.9 Å². The quantitative estimate of drug-likeness (QED) is 0.650. The maximum Gasteiger partial charge on any atom is 0.251 e. The van der Waals surface area contributed by atoms with Gasteiger partial charge in [-0.15, -0.1) is 0 Å². The molecule has 0 radical (unpaired) electrons. The van der Waals surface area contributed by atoms with E-state index in [9.17, 15) is 4.79 Å². The van der Waals surface area contributed by atoms with Crippen molar-refractivity contribution in [2.24, 2.45) is 0 Å². The van der Waals surface area contributed by atoms with Gasteiger partial charge in [-0.2, -0.15) is 0 Å². The predicted molar refractivity (Wildman–Crippen MR) is 78.0 cm³/mol. The van der Waals surface area contributed by atoms with Crippen LogP contribution in [0.25, 0.3) is 0 Å². The Morgan fingerprint density at radius 3 is 2.67 bits per heavy atom. The van der Waals surface area contributed by atoms with Crippen LogP contribution in [-0.2, 0) is 5.33 Å². The number of alkyl halides is 1. The minimum absolute atomic E-state index is 0.0229. The highest BCUT2D eigenvalue weighted by atomic mass is 79.9. The van der Waals surface area contributed by atoms with Crippen molar-refractivity contribution in [1.82, 2.24) is 5.32 Å². The van der Waals surface area contributed by atoms with Crippen LogP contribution in [0, 0.1) is 0 Å². The monoisotopic (exact) mass is 307 g/mol. The molecule has 0 heterocycles. The zero-order chi connectivity index (χ0) is 12.8. The second-order valence-corrected chi connectivity index (χ2v) is 5.15. The first-order chi connectivity index (χ1) is 8.79. The molecule has 1 aromatic carbocycles. The van der Waals surface area contributed by atoms with Crippen LogP contribution in [0.5, 0.6) is 0 Å². The molecule has 18 heavy (non-hydrogen) atoms. The molecule has 0 aliphatic heterocycles. The number of rotatable bonds is 5. The van der Waals surface area contributed by atoms with Crippen LogP contribution in [-0.4, -0.2) is 12.5 Å². The van der Waals surface area contributed by atoms with Gasteiger partial charge in [0.05, 0.1) is 0 Å². The van der Waals surface area contributed by atoms with Gasteiger partial charge in [-0.25, -0.2) is 0 Å². The van der Waals surface area contributed by atoms with E-state index in [0.717, 1.165) is 23.9 Å². The number of amides is 1. The molecule has 1 aliphatic carbocycles. The number of allylic oxidation sites excluding steroid dienone is 1. The van der Waals surface area contributed by atoms with E-state index in [1.54, 1.807) is 0 Å². The van der Waals surface area contributed by atoms with Gasteiger partial charge >= 0.3 is 0 Å². The van der Waals surface area contributed by atoms with Gasteiger partial charge in [0.15, 0.2) is 0 Å². The molecule has 1 amide bonds. The molecule has 3 heteroatoms. The maximum atomic E-state index is 11.9. The molecule has 0 bridgehead atoms. The van der Waals surface area contributed by atoms with Crippen molar-refractivity contribution in [1.29, 1.82) is 0 Å². The molecule has 0 atom stereocenters. The van der Waals surface area contributed by atoms with Gasteiger partial charge < -0.3 is 5.32 Å². The lowest BCUT2D eigenvalue weighted by Crippen LogP contribution is -2.24. The van der Waals surface area contributed by atoms with Crippen LogP contribution in [0.2, 0.25) is 0 Å². The third-order valence-electron chi connectivity index (χ3n) is 3.24. The SMILES string of the molecule is O=C(NCCC1=CCCC1)c1ccc(CBr)cc1. The lowest BCUT2D eigenvalue weighted by atomic mass is 10.1. The van der Waals surface area contributed by atoms with Gasteiger partial charge in [0, 0.05) is 17.4 Å². The number of halogens is 1. The van der Waals surface area contributed by atoms with Crippen molar-refractivity contribution in [2.75, 3.05) is 6.54 Å². The van der Waals surface area contributed by atoms with Gasteiger partial charge in [-0.05, 0) is 43.4 Å². The van der Waals surface area contributed by atoms with E-state index in [0.29, 0.717) is 0 Å². The summed E-state index contributed by atoms with van der Waals surface area (Å²) in [6.45, 7) is 0.741. The summed E-state index contributed by atoms with van der Waals surface area (Å²) in [6.07, 6.45) is 6.98. The summed E-state index contributed by atoms with van der Waals surface area (Å²) in [5, 5.41) is 3.79. The van der Waals surface area contributed by atoms with Crippen molar-refractivity contribution in [3.05, 3.63) is 47.0 Å². The van der Waals surface area contributed by atoms with Crippen LogP contribution in [0.3, 0.4) is 0 Å². The third-order valence-corrected chi connectivity index (χ3v) is 3.88. The lowest BCUT2D eigenvalue weighted by Gasteiger charge is -2.06. The minimum Gasteiger partial charge on any atom is -0.352 e. The molecule has 1 N–H and O–H groups in total. The zero-order valence-electron chi connectivity index (χ0n) is 10.4. The van der Waals surface area contributed by atoms with Crippen molar-refractivity contribution in [2.45, 2.75) is 31.0 Å². The molecule has 1 aromatic rings. The average Bonchev–Trinajstić information content (AvgIpc) is 2.92. The Kier molecular flexibility index (Phi) is 5.00. The molecule has 0 saturated carbocycles. The molecule has 0 unspecified atom stereocenters. The number of hydrogen-bond acceptors (Lipinski definition) is 1. The molecule has 0 fully saturated rings. The van der Waals surface area contributed by atoms with Crippen molar-refractivity contribution in [3.8, 4) is 0 Å². The third kappa shape index (κ3) is 3.70. The molecule has 96 valence electrons. The summed E-state index contributed by atoms with van der Waals surface area (Å²) in [5.41, 5.74) is 3.41. The summed E-state index contributed by atoms with van der Waals surface area (Å²) in [5.74, 6) is 0.0229. The van der Waals surface area contributed by atoms with E-state index in [1.165, 1.54) is 30.4 Å². The average molecular weight is 308 g/mol. The molecule has 0 saturated heterocycles. The van der Waals surface area contributed by atoms with Gasteiger partial charge in [-0.1, -0.05) is 39.7 Å². The fourth-order valence-electron chi connectivity index (χ4n) is 2.15. The summed E-state index contributed by atoms with van der Waals surface area (Å²) < 4.78 is 0. The number of benzene rings is 1. The molecular weight excluding hydrogens is 290 g/mol. The highest BCUT2D eigenvalue weighted by Crippen LogP contribution is 2.19. The van der Waals surface area contributed by atoms with Gasteiger partial charge in [0.2, 0.25) is 0 Å². The van der Waals surface area contributed by atoms with E-state index in [-0.39, 0.29) is 5.91 Å². The Bertz CT molecular complexity index is 436. The smallest absolute Gasteiger partial charge is 0.251 e. The fourth-order valence-corrected chi connectivity index (χ4v) is 2.52. The van der Waals surface area contributed by atoms with E-state index in [1.807, 2.05) is 24.3 Å². The van der Waals surface area contributed by atoms with Gasteiger partial charge in [0.25, 0.3) is 5.91 Å². The first kappa shape index (κ1) is 13.3. The summed E-state index contributed by atoms with van der Waals surface area (Å²) >= 11 is 3.39. The molecular formula is C15H18BrNO. The van der Waals surface area contributed by atoms with Crippen LogP contribution in [0.4, 0.5) is 0 Å². The minimum atomic E-state index is 0.0229. The molecule has 1 aliphatic rings. The summed E-state index contributed by atoms with van der Waals surface area (Å²) in [7, 11) is 0. The second-order valence-electron chi connectivity index (χ2n) is 4.59. The van der Waals surface area contributed by atoms with Crippen molar-refractivity contribution in [3.63, 3.8) is 0 Å². The molecule has 0 aromatic heterocycles. The van der Waals surface area contributed by atoms with Crippen molar-refractivity contribution < 1.29 is 4.79 Å². The fraction of sp³-hybridized carbons (Fsp3) is 0.400. The van der Waals surface area contributed by atoms with Gasteiger partial charge in [-0.3, -0.25) is 4.79 Å². The second kappa shape index (κ2) is 6.74.